The molecule has 2 aromatic carbocycles. The van der Waals surface area contributed by atoms with E-state index in [1.54, 1.807) is 0 Å². The van der Waals surface area contributed by atoms with Crippen LogP contribution in [0.3, 0.4) is 0 Å². The molecule has 2 nitrogen and oxygen atoms in total. The zero-order valence-electron chi connectivity index (χ0n) is 12.7. The molecule has 1 atom stereocenters. The Balaban J connectivity index is 1.81. The van der Waals surface area contributed by atoms with E-state index in [1.807, 2.05) is 11.8 Å². The summed E-state index contributed by atoms with van der Waals surface area (Å²) in [4.78, 5) is 4.82. The lowest BCUT2D eigenvalue weighted by Gasteiger charge is -2.35. The maximum Gasteiger partial charge on any atom is 0.157 e. The van der Waals surface area contributed by atoms with Crippen molar-refractivity contribution >= 4 is 27.7 Å². The van der Waals surface area contributed by atoms with Crippen LogP contribution in [0.4, 0.5) is 0 Å². The molecule has 0 saturated carbocycles. The van der Waals surface area contributed by atoms with Crippen LogP contribution in [0.15, 0.2) is 47.5 Å². The van der Waals surface area contributed by atoms with Crippen LogP contribution in [0, 0.1) is 0 Å². The molecule has 1 aliphatic rings. The first-order valence-electron chi connectivity index (χ1n) is 7.62. The van der Waals surface area contributed by atoms with Gasteiger partial charge in [-0.05, 0) is 36.1 Å². The zero-order chi connectivity index (χ0) is 14.7. The first-order chi connectivity index (χ1) is 10.2. The van der Waals surface area contributed by atoms with Crippen molar-refractivity contribution in [2.24, 2.45) is 4.99 Å². The van der Waals surface area contributed by atoms with Gasteiger partial charge in [-0.15, -0.1) is 0 Å². The Morgan fingerprint density at radius 2 is 2.00 bits per heavy atom. The molecule has 21 heavy (non-hydrogen) atoms. The molecule has 0 amide bonds. The van der Waals surface area contributed by atoms with Gasteiger partial charge in [-0.1, -0.05) is 61.2 Å². The second-order valence-corrected chi connectivity index (χ2v) is 6.98. The fourth-order valence-corrected chi connectivity index (χ4v) is 3.89. The minimum atomic E-state index is 0.211. The zero-order valence-corrected chi connectivity index (χ0v) is 13.5. The minimum Gasteiger partial charge on any atom is -0.360 e. The number of nitrogens with zero attached hydrogens (tertiary/aromatic N) is 1. The summed E-state index contributed by atoms with van der Waals surface area (Å²) in [6.45, 7) is 5.28. The molecular formula is C18H22N2S. The summed E-state index contributed by atoms with van der Waals surface area (Å²) in [5.74, 6) is 1.16. The highest BCUT2D eigenvalue weighted by atomic mass is 32.2. The Morgan fingerprint density at radius 1 is 1.19 bits per heavy atom. The third-order valence-electron chi connectivity index (χ3n) is 4.35. The van der Waals surface area contributed by atoms with Crippen LogP contribution in [-0.4, -0.2) is 16.5 Å². The Morgan fingerprint density at radius 3 is 2.86 bits per heavy atom. The van der Waals surface area contributed by atoms with Crippen molar-refractivity contribution in [3.8, 4) is 0 Å². The molecular weight excluding hydrogens is 276 g/mol. The van der Waals surface area contributed by atoms with Gasteiger partial charge in [-0.25, -0.2) is 0 Å². The summed E-state index contributed by atoms with van der Waals surface area (Å²) >= 11 is 1.84. The molecule has 1 unspecified atom stereocenters. The average Bonchev–Trinajstić information content (AvgIpc) is 2.53. The van der Waals surface area contributed by atoms with Crippen molar-refractivity contribution in [2.45, 2.75) is 38.8 Å². The molecule has 0 spiro atoms. The second kappa shape index (κ2) is 6.10. The molecule has 1 heterocycles. The second-order valence-electron chi connectivity index (χ2n) is 5.90. The van der Waals surface area contributed by atoms with Crippen LogP contribution < -0.4 is 5.32 Å². The van der Waals surface area contributed by atoms with Crippen LogP contribution in [-0.2, 0) is 6.54 Å². The van der Waals surface area contributed by atoms with E-state index in [4.69, 9.17) is 4.99 Å². The molecule has 3 heteroatoms. The van der Waals surface area contributed by atoms with Gasteiger partial charge in [0.25, 0.3) is 0 Å². The number of nitrogens with one attached hydrogen (secondary N) is 1. The Labute approximate surface area is 131 Å². The fourth-order valence-electron chi connectivity index (χ4n) is 2.67. The van der Waals surface area contributed by atoms with Gasteiger partial charge in [0.1, 0.15) is 0 Å². The van der Waals surface area contributed by atoms with E-state index in [1.165, 1.54) is 22.8 Å². The first kappa shape index (κ1) is 14.5. The number of hydrogen-bond acceptors (Lipinski definition) is 2. The Bertz CT molecular complexity index is 660. The van der Waals surface area contributed by atoms with Crippen molar-refractivity contribution < 1.29 is 0 Å². The predicted octanol–water partition coefficient (Wildman–Crippen LogP) is 4.59. The lowest BCUT2D eigenvalue weighted by atomic mass is 9.96. The largest absolute Gasteiger partial charge is 0.360 e. The monoisotopic (exact) mass is 298 g/mol. The minimum absolute atomic E-state index is 0.211. The highest BCUT2D eigenvalue weighted by Crippen LogP contribution is 2.25. The maximum atomic E-state index is 4.82. The highest BCUT2D eigenvalue weighted by molar-refractivity contribution is 8.13. The van der Waals surface area contributed by atoms with E-state index in [0.717, 1.165) is 23.9 Å². The van der Waals surface area contributed by atoms with E-state index < -0.39 is 0 Å². The van der Waals surface area contributed by atoms with Crippen LogP contribution >= 0.6 is 11.8 Å². The van der Waals surface area contributed by atoms with Gasteiger partial charge in [-0.2, -0.15) is 0 Å². The smallest absolute Gasteiger partial charge is 0.157 e. The van der Waals surface area contributed by atoms with Crippen molar-refractivity contribution in [3.05, 3.63) is 48.0 Å². The normalized spacial score (nSPS) is 24.2. The summed E-state index contributed by atoms with van der Waals surface area (Å²) in [6, 6.07) is 15.0. The van der Waals surface area contributed by atoms with Crippen LogP contribution in [0.2, 0.25) is 0 Å². The van der Waals surface area contributed by atoms with E-state index in [0.29, 0.717) is 0 Å². The molecule has 1 fully saturated rings. The van der Waals surface area contributed by atoms with Crippen molar-refractivity contribution in [1.82, 2.24) is 5.32 Å². The maximum absolute atomic E-state index is 4.82. The lowest BCUT2D eigenvalue weighted by Crippen LogP contribution is -2.48. The molecule has 1 N–H and O–H groups in total. The third-order valence-corrected chi connectivity index (χ3v) is 5.27. The number of hydrogen-bond donors (Lipinski definition) is 1. The molecule has 0 radical (unpaired) electrons. The molecule has 3 rings (SSSR count). The van der Waals surface area contributed by atoms with Crippen LogP contribution in [0.5, 0.6) is 0 Å². The van der Waals surface area contributed by atoms with Gasteiger partial charge in [0.2, 0.25) is 0 Å². The Kier molecular flexibility index (Phi) is 4.20. The van der Waals surface area contributed by atoms with Crippen molar-refractivity contribution in [2.75, 3.05) is 5.75 Å². The van der Waals surface area contributed by atoms with Crippen LogP contribution in [0.25, 0.3) is 10.8 Å². The Hall–Kier alpha value is -1.48. The number of thioether (sulfide) groups is 1. The molecule has 0 bridgehead atoms. The van der Waals surface area contributed by atoms with E-state index in [9.17, 15) is 0 Å². The number of aliphatic imine (C=N–C) groups is 1. The van der Waals surface area contributed by atoms with Gasteiger partial charge < -0.3 is 5.32 Å². The van der Waals surface area contributed by atoms with Crippen LogP contribution in [0.1, 0.15) is 32.3 Å². The SMILES string of the molecule is CCC1(C)CCSC(=NCc2cccc3ccccc23)N1. The van der Waals surface area contributed by atoms with Crippen molar-refractivity contribution in [1.29, 1.82) is 0 Å². The van der Waals surface area contributed by atoms with Gasteiger partial charge >= 0.3 is 0 Å². The lowest BCUT2D eigenvalue weighted by molar-refractivity contribution is 0.390. The molecule has 0 aliphatic carbocycles. The quantitative estimate of drug-likeness (QED) is 0.896. The first-order valence-corrected chi connectivity index (χ1v) is 8.61. The topological polar surface area (TPSA) is 24.4 Å². The van der Waals surface area contributed by atoms with Gasteiger partial charge in [0.15, 0.2) is 5.17 Å². The van der Waals surface area contributed by atoms with Gasteiger partial charge in [0.05, 0.1) is 6.54 Å². The molecule has 2 aromatic rings. The van der Waals surface area contributed by atoms with E-state index >= 15 is 0 Å². The summed E-state index contributed by atoms with van der Waals surface area (Å²) in [7, 11) is 0. The van der Waals surface area contributed by atoms with Gasteiger partial charge in [0, 0.05) is 11.3 Å². The summed E-state index contributed by atoms with van der Waals surface area (Å²) in [6.07, 6.45) is 2.35. The molecule has 1 aliphatic heterocycles. The van der Waals surface area contributed by atoms with Crippen molar-refractivity contribution in [3.63, 3.8) is 0 Å². The number of benzene rings is 2. The predicted molar refractivity (Wildman–Crippen MR) is 94.0 cm³/mol. The number of rotatable bonds is 3. The number of fused-ring (bicyclic) bond motifs is 1. The molecule has 110 valence electrons. The number of amidine groups is 1. The fraction of sp³-hybridized carbons (Fsp3) is 0.389. The van der Waals surface area contributed by atoms with E-state index in [2.05, 4.69) is 61.6 Å². The highest BCUT2D eigenvalue weighted by Gasteiger charge is 2.27. The van der Waals surface area contributed by atoms with E-state index in [-0.39, 0.29) is 5.54 Å². The standard InChI is InChI=1S/C18H22N2S/c1-3-18(2)11-12-21-17(20-18)19-13-15-9-6-8-14-7-4-5-10-16(14)15/h4-10H,3,11-13H2,1-2H3,(H,19,20). The average molecular weight is 298 g/mol. The third kappa shape index (κ3) is 3.24. The molecule has 1 saturated heterocycles. The summed E-state index contributed by atoms with van der Waals surface area (Å²) in [5, 5.41) is 7.31. The summed E-state index contributed by atoms with van der Waals surface area (Å²) < 4.78 is 0. The van der Waals surface area contributed by atoms with Gasteiger partial charge in [-0.3, -0.25) is 4.99 Å². The molecule has 0 aromatic heterocycles. The summed E-state index contributed by atoms with van der Waals surface area (Å²) in [5.41, 5.74) is 1.51.